The van der Waals surface area contributed by atoms with Crippen molar-refractivity contribution in [3.8, 4) is 0 Å². The number of nitrogens with one attached hydrogen (secondary N) is 2. The first-order valence-electron chi connectivity index (χ1n) is 11.9. The lowest BCUT2D eigenvalue weighted by Gasteiger charge is -2.11. The molecule has 0 aliphatic carbocycles. The summed E-state index contributed by atoms with van der Waals surface area (Å²) in [5, 5.41) is 0.587. The number of fused-ring (bicyclic) bond motifs is 10. The standard InChI is InChI=1S/C29H17N3O6/c1-10-8-14(33)30-23-16(10)26(35)19-18-12-6-4-5-7-13(12)32(3)25(18)22-21(20(19)28(23)37)27(36)17-11(2)9-15(34)31-24(17)29(22)38/h4-9H,1-3H3,(H,30,33)(H,31,34). The number of H-pyrrole nitrogens is 2. The zero-order valence-electron chi connectivity index (χ0n) is 20.4. The highest BCUT2D eigenvalue weighted by atomic mass is 16.1. The van der Waals surface area contributed by atoms with Crippen molar-refractivity contribution >= 4 is 65.2 Å². The van der Waals surface area contributed by atoms with Gasteiger partial charge >= 0.3 is 0 Å². The highest BCUT2D eigenvalue weighted by molar-refractivity contribution is 6.33. The molecular formula is C29H17N3O6. The SMILES string of the molecule is Cc1cc(=O)[nH]c2c(=O)c3c(c(=O)c12)c1c(=O)c2[nH]c(=O)cc(C)c2c(=O)c1c1c2ccccc2n(C)c31. The van der Waals surface area contributed by atoms with Crippen LogP contribution in [0.1, 0.15) is 11.1 Å². The van der Waals surface area contributed by atoms with Gasteiger partial charge in [-0.05, 0) is 31.0 Å². The van der Waals surface area contributed by atoms with Crippen molar-refractivity contribution in [2.24, 2.45) is 7.05 Å². The average Bonchev–Trinajstić information content (AvgIpc) is 3.16. The zero-order chi connectivity index (χ0) is 26.8. The zero-order valence-corrected chi connectivity index (χ0v) is 20.4. The van der Waals surface area contributed by atoms with E-state index < -0.39 is 32.8 Å². The van der Waals surface area contributed by atoms with Crippen molar-refractivity contribution in [2.75, 3.05) is 0 Å². The number of para-hydroxylation sites is 1. The van der Waals surface area contributed by atoms with Crippen molar-refractivity contribution in [1.29, 1.82) is 0 Å². The van der Waals surface area contributed by atoms with Crippen LogP contribution in [-0.2, 0) is 7.05 Å². The largest absolute Gasteiger partial charge is 0.343 e. The summed E-state index contributed by atoms with van der Waals surface area (Å²) in [5.74, 6) is 0. The van der Waals surface area contributed by atoms with E-state index in [1.54, 1.807) is 36.7 Å². The van der Waals surface area contributed by atoms with E-state index in [0.29, 0.717) is 27.4 Å². The van der Waals surface area contributed by atoms with Crippen molar-refractivity contribution in [3.05, 3.63) is 109 Å². The van der Waals surface area contributed by atoms with Crippen LogP contribution in [0.5, 0.6) is 0 Å². The third kappa shape index (κ3) is 2.45. The fourth-order valence-corrected chi connectivity index (χ4v) is 6.14. The van der Waals surface area contributed by atoms with Gasteiger partial charge < -0.3 is 14.5 Å². The maximum atomic E-state index is 14.2. The first-order chi connectivity index (χ1) is 18.1. The van der Waals surface area contributed by atoms with Gasteiger partial charge in [-0.25, -0.2) is 0 Å². The molecule has 0 saturated heterocycles. The molecule has 0 spiro atoms. The number of hydrogen-bond donors (Lipinski definition) is 2. The van der Waals surface area contributed by atoms with E-state index in [-0.39, 0.29) is 48.9 Å². The van der Waals surface area contributed by atoms with Crippen LogP contribution in [0.4, 0.5) is 0 Å². The fraction of sp³-hybridized carbons (Fsp3) is 0.103. The summed E-state index contributed by atoms with van der Waals surface area (Å²) in [6.45, 7) is 3.11. The molecule has 0 radical (unpaired) electrons. The maximum Gasteiger partial charge on any atom is 0.248 e. The van der Waals surface area contributed by atoms with Gasteiger partial charge in [0.1, 0.15) is 11.0 Å². The van der Waals surface area contributed by atoms with Gasteiger partial charge in [0.15, 0.2) is 10.9 Å². The molecule has 9 nitrogen and oxygen atoms in total. The number of hydrogen-bond acceptors (Lipinski definition) is 6. The molecular weight excluding hydrogens is 486 g/mol. The van der Waals surface area contributed by atoms with E-state index in [1.165, 1.54) is 19.1 Å². The molecule has 0 aliphatic heterocycles. The maximum absolute atomic E-state index is 14.2. The smallest absolute Gasteiger partial charge is 0.248 e. The molecule has 4 aromatic carbocycles. The summed E-state index contributed by atoms with van der Waals surface area (Å²) in [6.07, 6.45) is 0. The Hall–Kier alpha value is -5.18. The molecule has 184 valence electrons. The molecule has 2 N–H and O–H groups in total. The minimum absolute atomic E-state index is 0.0220. The highest BCUT2D eigenvalue weighted by Gasteiger charge is 2.27. The number of nitrogens with zero attached hydrogens (tertiary/aromatic N) is 1. The van der Waals surface area contributed by atoms with Crippen molar-refractivity contribution in [1.82, 2.24) is 14.5 Å². The Bertz CT molecular complexity index is 2610. The van der Waals surface area contributed by atoms with Crippen LogP contribution in [0, 0.1) is 13.8 Å². The lowest BCUT2D eigenvalue weighted by atomic mass is 9.91. The number of aromatic nitrogens is 3. The lowest BCUT2D eigenvalue weighted by Crippen LogP contribution is -2.24. The Morgan fingerprint density at radius 2 is 1.05 bits per heavy atom. The van der Waals surface area contributed by atoms with Crippen molar-refractivity contribution in [3.63, 3.8) is 0 Å². The van der Waals surface area contributed by atoms with E-state index in [4.69, 9.17) is 0 Å². The minimum atomic E-state index is -0.715. The van der Waals surface area contributed by atoms with Crippen LogP contribution in [0.25, 0.3) is 65.2 Å². The first-order valence-corrected chi connectivity index (χ1v) is 11.9. The highest BCUT2D eigenvalue weighted by Crippen LogP contribution is 2.37. The third-order valence-electron chi connectivity index (χ3n) is 7.64. The number of aromatic amines is 2. The average molecular weight is 503 g/mol. The van der Waals surface area contributed by atoms with Gasteiger partial charge in [0.25, 0.3) is 0 Å². The lowest BCUT2D eigenvalue weighted by molar-refractivity contribution is 1.02. The summed E-state index contributed by atoms with van der Waals surface area (Å²) < 4.78 is 1.72. The van der Waals surface area contributed by atoms with E-state index in [1.807, 2.05) is 6.07 Å². The van der Waals surface area contributed by atoms with Gasteiger partial charge in [-0.3, -0.25) is 28.8 Å². The molecule has 38 heavy (non-hydrogen) atoms. The minimum Gasteiger partial charge on any atom is -0.343 e. The summed E-state index contributed by atoms with van der Waals surface area (Å²) in [5.41, 5.74) is -2.36. The predicted octanol–water partition coefficient (Wildman–Crippen LogP) is 2.25. The van der Waals surface area contributed by atoms with Gasteiger partial charge in [-0.2, -0.15) is 0 Å². The molecule has 3 aromatic heterocycles. The van der Waals surface area contributed by atoms with Crippen LogP contribution in [0.2, 0.25) is 0 Å². The quantitative estimate of drug-likeness (QED) is 0.240. The van der Waals surface area contributed by atoms with Crippen LogP contribution in [0.15, 0.2) is 65.2 Å². The molecule has 0 saturated carbocycles. The van der Waals surface area contributed by atoms with Crippen LogP contribution in [-0.4, -0.2) is 14.5 Å². The molecule has 0 aliphatic rings. The van der Waals surface area contributed by atoms with Crippen LogP contribution < -0.4 is 32.8 Å². The van der Waals surface area contributed by atoms with Gasteiger partial charge in [0.05, 0.1) is 21.7 Å². The van der Waals surface area contributed by atoms with Gasteiger partial charge in [-0.1, -0.05) is 18.2 Å². The normalized spacial score (nSPS) is 12.2. The molecule has 0 fully saturated rings. The van der Waals surface area contributed by atoms with Crippen LogP contribution >= 0.6 is 0 Å². The fourth-order valence-electron chi connectivity index (χ4n) is 6.14. The second kappa shape index (κ2) is 6.98. The molecule has 3 heterocycles. The predicted molar refractivity (Wildman–Crippen MR) is 149 cm³/mol. The monoisotopic (exact) mass is 503 g/mol. The molecule has 0 bridgehead atoms. The van der Waals surface area contributed by atoms with Gasteiger partial charge in [0.2, 0.25) is 22.0 Å². The second-order valence-corrected chi connectivity index (χ2v) is 9.75. The topological polar surface area (TPSA) is 139 Å². The molecule has 7 aromatic rings. The van der Waals surface area contributed by atoms with Crippen molar-refractivity contribution in [2.45, 2.75) is 13.8 Å². The molecule has 0 atom stereocenters. The van der Waals surface area contributed by atoms with Crippen molar-refractivity contribution < 1.29 is 0 Å². The first kappa shape index (κ1) is 22.1. The summed E-state index contributed by atoms with van der Waals surface area (Å²) in [7, 11) is 1.72. The number of rotatable bonds is 0. The Kier molecular flexibility index (Phi) is 4.05. The van der Waals surface area contributed by atoms with E-state index >= 15 is 0 Å². The summed E-state index contributed by atoms with van der Waals surface area (Å²) in [6, 6.07) is 9.64. The van der Waals surface area contributed by atoms with E-state index in [0.717, 1.165) is 0 Å². The van der Waals surface area contributed by atoms with Crippen LogP contribution in [0.3, 0.4) is 0 Å². The Morgan fingerprint density at radius 3 is 1.63 bits per heavy atom. The summed E-state index contributed by atoms with van der Waals surface area (Å²) >= 11 is 0. The third-order valence-corrected chi connectivity index (χ3v) is 7.64. The Labute approximate surface area is 209 Å². The van der Waals surface area contributed by atoms with E-state index in [9.17, 15) is 28.8 Å². The van der Waals surface area contributed by atoms with Gasteiger partial charge in [-0.15, -0.1) is 0 Å². The second-order valence-electron chi connectivity index (χ2n) is 9.75. The Morgan fingerprint density at radius 1 is 0.579 bits per heavy atom. The number of aryl methyl sites for hydroxylation is 3. The number of pyridine rings is 2. The summed E-state index contributed by atoms with van der Waals surface area (Å²) in [4.78, 5) is 85.9. The van der Waals surface area contributed by atoms with Gasteiger partial charge in [0, 0.05) is 51.6 Å². The Balaban J connectivity index is 2.05. The van der Waals surface area contributed by atoms with E-state index in [2.05, 4.69) is 9.97 Å². The number of benzene rings is 4. The molecule has 9 heteroatoms. The molecule has 7 rings (SSSR count). The molecule has 0 amide bonds. The molecule has 0 unspecified atom stereocenters.